The molecule has 9 heteroatoms. The Hall–Kier alpha value is -3.04. The lowest BCUT2D eigenvalue weighted by Gasteiger charge is -2.28. The van der Waals surface area contributed by atoms with E-state index in [-0.39, 0.29) is 12.1 Å². The summed E-state index contributed by atoms with van der Waals surface area (Å²) in [6.07, 6.45) is 9.36. The number of carbonyl (C=O) groups excluding carboxylic acids is 1. The summed E-state index contributed by atoms with van der Waals surface area (Å²) in [5.74, 6) is -0.0579. The molecule has 2 heterocycles. The van der Waals surface area contributed by atoms with Crippen LogP contribution in [0, 0.1) is 0 Å². The molecule has 1 aliphatic rings. The Morgan fingerprint density at radius 2 is 1.80 bits per heavy atom. The molecule has 2 aromatic heterocycles. The Balaban J connectivity index is 1.46. The molecule has 0 aliphatic heterocycles. The predicted octanol–water partition coefficient (Wildman–Crippen LogP) is 3.68. The number of nitrogens with one attached hydrogen (secondary N) is 2. The van der Waals surface area contributed by atoms with Crippen molar-refractivity contribution in [2.75, 3.05) is 10.0 Å². The number of rotatable bonds is 7. The first-order chi connectivity index (χ1) is 14.6. The number of pyridine rings is 1. The third kappa shape index (κ3) is 4.74. The smallest absolute Gasteiger partial charge is 0.254 e. The Kier molecular flexibility index (Phi) is 6.20. The first kappa shape index (κ1) is 20.2. The fraction of sp³-hybridized carbons (Fsp3) is 0.286. The van der Waals surface area contributed by atoms with Crippen molar-refractivity contribution in [3.63, 3.8) is 0 Å². The highest BCUT2D eigenvalue weighted by molar-refractivity contribution is 8.00. The maximum absolute atomic E-state index is 11.9. The Morgan fingerprint density at radius 1 is 1.07 bits per heavy atom. The normalized spacial score (nSPS) is 18.7. The molecule has 8 nitrogen and oxygen atoms in total. The van der Waals surface area contributed by atoms with E-state index in [0.717, 1.165) is 42.0 Å². The van der Waals surface area contributed by atoms with E-state index >= 15 is 0 Å². The second kappa shape index (κ2) is 9.19. The minimum Gasteiger partial charge on any atom is -0.365 e. The fourth-order valence-electron chi connectivity index (χ4n) is 3.58. The van der Waals surface area contributed by atoms with E-state index in [9.17, 15) is 4.79 Å². The zero-order valence-corrected chi connectivity index (χ0v) is 17.3. The van der Waals surface area contributed by atoms with Gasteiger partial charge in [0.15, 0.2) is 5.82 Å². The van der Waals surface area contributed by atoms with Gasteiger partial charge in [-0.15, -0.1) is 0 Å². The van der Waals surface area contributed by atoms with Crippen molar-refractivity contribution >= 4 is 35.0 Å². The summed E-state index contributed by atoms with van der Waals surface area (Å²) < 4.78 is 5.07. The highest BCUT2D eigenvalue weighted by atomic mass is 32.2. The molecule has 0 bridgehead atoms. The van der Waals surface area contributed by atoms with Crippen LogP contribution in [-0.4, -0.2) is 26.7 Å². The molecule has 1 saturated carbocycles. The largest absolute Gasteiger partial charge is 0.365 e. The van der Waals surface area contributed by atoms with E-state index in [2.05, 4.69) is 20.1 Å². The third-order valence-corrected chi connectivity index (χ3v) is 6.05. The average Bonchev–Trinajstić information content (AvgIpc) is 3.18. The van der Waals surface area contributed by atoms with Gasteiger partial charge in [0.1, 0.15) is 5.56 Å². The molecule has 0 spiro atoms. The van der Waals surface area contributed by atoms with Gasteiger partial charge in [-0.05, 0) is 61.2 Å². The summed E-state index contributed by atoms with van der Waals surface area (Å²) in [4.78, 5) is 17.0. The van der Waals surface area contributed by atoms with Gasteiger partial charge in [0, 0.05) is 40.9 Å². The fourth-order valence-corrected chi connectivity index (χ4v) is 4.23. The Morgan fingerprint density at radius 3 is 2.50 bits per heavy atom. The zero-order chi connectivity index (χ0) is 20.9. The van der Waals surface area contributed by atoms with Crippen molar-refractivity contribution in [1.29, 1.82) is 0 Å². The van der Waals surface area contributed by atoms with E-state index in [0.29, 0.717) is 11.4 Å². The first-order valence-electron chi connectivity index (χ1n) is 9.94. The summed E-state index contributed by atoms with van der Waals surface area (Å²) in [5, 5.41) is 7.82. The van der Waals surface area contributed by atoms with Crippen LogP contribution in [0.3, 0.4) is 0 Å². The zero-order valence-electron chi connectivity index (χ0n) is 16.5. The summed E-state index contributed by atoms with van der Waals surface area (Å²) in [7, 11) is 0. The Labute approximate surface area is 179 Å². The summed E-state index contributed by atoms with van der Waals surface area (Å²) >= 11 is 1.51. The molecule has 156 valence electrons. The first-order valence-corrected chi connectivity index (χ1v) is 10.8. The van der Waals surface area contributed by atoms with Gasteiger partial charge in [-0.2, -0.15) is 5.10 Å². The molecule has 2 atom stereocenters. The molecule has 30 heavy (non-hydrogen) atoms. The molecule has 6 N–H and O–H groups in total. The van der Waals surface area contributed by atoms with Gasteiger partial charge in [-0.25, -0.2) is 0 Å². The van der Waals surface area contributed by atoms with E-state index < -0.39 is 5.91 Å². The molecule has 3 aromatic rings. The van der Waals surface area contributed by atoms with Crippen molar-refractivity contribution in [1.82, 2.24) is 14.8 Å². The van der Waals surface area contributed by atoms with Crippen LogP contribution in [0.2, 0.25) is 0 Å². The van der Waals surface area contributed by atoms with Crippen LogP contribution in [0.4, 0.5) is 17.2 Å². The summed E-state index contributed by atoms with van der Waals surface area (Å²) in [6, 6.07) is 11.8. The van der Waals surface area contributed by atoms with Crippen LogP contribution >= 0.6 is 11.9 Å². The lowest BCUT2D eigenvalue weighted by atomic mass is 9.91. The maximum Gasteiger partial charge on any atom is 0.254 e. The van der Waals surface area contributed by atoms with Crippen LogP contribution in [0.5, 0.6) is 0 Å². The molecular weight excluding hydrogens is 398 g/mol. The maximum atomic E-state index is 11.9. The molecular formula is C21H25N7OS. The van der Waals surface area contributed by atoms with Gasteiger partial charge >= 0.3 is 0 Å². The molecule has 0 saturated heterocycles. The molecule has 1 aliphatic carbocycles. The van der Waals surface area contributed by atoms with Crippen molar-refractivity contribution in [2.45, 2.75) is 42.7 Å². The minimum atomic E-state index is -0.512. The minimum absolute atomic E-state index is 0.0384. The molecule has 1 amide bonds. The number of benzene rings is 1. The SMILES string of the molecule is NC(=O)c1cn(C2CCCCC2N)nc1Nc1ccc(SNc2ccncc2)cc1. The molecule has 1 aromatic carbocycles. The number of amides is 1. The lowest BCUT2D eigenvalue weighted by molar-refractivity contribution is 0.100. The van der Waals surface area contributed by atoms with Crippen molar-refractivity contribution in [2.24, 2.45) is 11.5 Å². The Bertz CT molecular complexity index is 990. The second-order valence-electron chi connectivity index (χ2n) is 7.34. The quantitative estimate of drug-likeness (QED) is 0.427. The number of aromatic nitrogens is 3. The van der Waals surface area contributed by atoms with Crippen molar-refractivity contribution in [3.8, 4) is 0 Å². The van der Waals surface area contributed by atoms with E-state index in [1.807, 2.05) is 36.4 Å². The molecule has 0 radical (unpaired) electrons. The van der Waals surface area contributed by atoms with Crippen LogP contribution < -0.4 is 21.5 Å². The number of primary amides is 1. The van der Waals surface area contributed by atoms with Gasteiger partial charge in [0.05, 0.1) is 6.04 Å². The van der Waals surface area contributed by atoms with Crippen LogP contribution in [0.1, 0.15) is 42.1 Å². The van der Waals surface area contributed by atoms with Gasteiger partial charge in [-0.1, -0.05) is 12.8 Å². The van der Waals surface area contributed by atoms with Gasteiger partial charge < -0.3 is 21.5 Å². The van der Waals surface area contributed by atoms with Crippen molar-refractivity contribution in [3.05, 3.63) is 60.6 Å². The number of hydrogen-bond donors (Lipinski definition) is 4. The predicted molar refractivity (Wildman–Crippen MR) is 120 cm³/mol. The van der Waals surface area contributed by atoms with Gasteiger partial charge in [0.25, 0.3) is 5.91 Å². The van der Waals surface area contributed by atoms with Crippen LogP contribution in [0.25, 0.3) is 0 Å². The van der Waals surface area contributed by atoms with Gasteiger partial charge in [-0.3, -0.25) is 14.5 Å². The van der Waals surface area contributed by atoms with E-state index in [1.165, 1.54) is 11.9 Å². The number of carbonyl (C=O) groups is 1. The number of hydrogen-bond acceptors (Lipinski definition) is 7. The molecule has 1 fully saturated rings. The number of anilines is 3. The highest BCUT2D eigenvalue weighted by Crippen LogP contribution is 2.30. The van der Waals surface area contributed by atoms with E-state index in [4.69, 9.17) is 11.5 Å². The van der Waals surface area contributed by atoms with Gasteiger partial charge in [0.2, 0.25) is 0 Å². The average molecular weight is 424 g/mol. The monoisotopic (exact) mass is 423 g/mol. The third-order valence-electron chi connectivity index (χ3n) is 5.20. The molecule has 4 rings (SSSR count). The number of nitrogens with two attached hydrogens (primary N) is 2. The highest BCUT2D eigenvalue weighted by Gasteiger charge is 2.26. The molecule has 2 unspecified atom stereocenters. The van der Waals surface area contributed by atoms with Crippen LogP contribution in [0.15, 0.2) is 59.9 Å². The lowest BCUT2D eigenvalue weighted by Crippen LogP contribution is -2.35. The topological polar surface area (TPSA) is 124 Å². The standard InChI is InChI=1S/C21H25N7OS/c22-18-3-1-2-4-19(18)28-13-17(20(23)29)21(26-28)25-14-5-7-16(8-6-14)30-27-15-9-11-24-12-10-15/h5-13,18-19H,1-4,22H2,(H2,23,29)(H,24,27)(H,25,26). The summed E-state index contributed by atoms with van der Waals surface area (Å²) in [6.45, 7) is 0. The van der Waals surface area contributed by atoms with E-state index in [1.54, 1.807) is 23.3 Å². The summed E-state index contributed by atoms with van der Waals surface area (Å²) in [5.41, 5.74) is 14.0. The van der Waals surface area contributed by atoms with Crippen LogP contribution in [-0.2, 0) is 0 Å². The number of nitrogens with zero attached hydrogens (tertiary/aromatic N) is 3. The van der Waals surface area contributed by atoms with Crippen molar-refractivity contribution < 1.29 is 4.79 Å². The second-order valence-corrected chi connectivity index (χ2v) is 8.22.